The summed E-state index contributed by atoms with van der Waals surface area (Å²) in [6.07, 6.45) is 0.253. The van der Waals surface area contributed by atoms with Gasteiger partial charge >= 0.3 is 0 Å². The molecule has 0 aromatic heterocycles. The smallest absolute Gasteiger partial charge is 0.262 e. The first-order valence-corrected chi connectivity index (χ1v) is 9.29. The fourth-order valence-electron chi connectivity index (χ4n) is 3.58. The standard InChI is InChI=1S/C20H20N4O4/c25-16-7-6-15(18(26)23-16)24-19(27)14-5-1-4-13(17(14)20(24)28)11-21-8-2-3-12-9-22-10-12/h1,4-5,12,15,21-22H,6-11H2,(H,23,25,26). The first kappa shape index (κ1) is 18.3. The van der Waals surface area contributed by atoms with Gasteiger partial charge in [-0.15, -0.1) is 0 Å². The lowest BCUT2D eigenvalue weighted by molar-refractivity contribution is -0.136. The maximum Gasteiger partial charge on any atom is 0.262 e. The van der Waals surface area contributed by atoms with E-state index in [4.69, 9.17) is 0 Å². The summed E-state index contributed by atoms with van der Waals surface area (Å²) in [5, 5.41) is 8.54. The maximum atomic E-state index is 13.0. The largest absolute Gasteiger partial charge is 0.314 e. The number of piperidine rings is 1. The molecule has 0 saturated carbocycles. The van der Waals surface area contributed by atoms with Crippen molar-refractivity contribution in [3.63, 3.8) is 0 Å². The number of hydrogen-bond acceptors (Lipinski definition) is 6. The summed E-state index contributed by atoms with van der Waals surface area (Å²) in [5.41, 5.74) is 1.30. The monoisotopic (exact) mass is 380 g/mol. The first-order valence-electron chi connectivity index (χ1n) is 9.29. The molecule has 2 fully saturated rings. The second-order valence-electron chi connectivity index (χ2n) is 7.07. The minimum atomic E-state index is -0.951. The number of imide groups is 2. The Kier molecular flexibility index (Phi) is 4.94. The normalized spacial score (nSPS) is 21.7. The van der Waals surface area contributed by atoms with Crippen molar-refractivity contribution < 1.29 is 19.2 Å². The maximum absolute atomic E-state index is 13.0. The van der Waals surface area contributed by atoms with Crippen LogP contribution in [0.5, 0.6) is 0 Å². The molecule has 1 aromatic rings. The molecule has 3 N–H and O–H groups in total. The molecule has 8 heteroatoms. The van der Waals surface area contributed by atoms with Gasteiger partial charge in [-0.25, -0.2) is 0 Å². The predicted molar refractivity (Wildman–Crippen MR) is 99.0 cm³/mol. The molecule has 4 amide bonds. The lowest BCUT2D eigenvalue weighted by atomic mass is 10.0. The van der Waals surface area contributed by atoms with Crippen LogP contribution < -0.4 is 16.0 Å². The molecule has 1 unspecified atom stereocenters. The van der Waals surface area contributed by atoms with Gasteiger partial charge in [0.15, 0.2) is 0 Å². The van der Waals surface area contributed by atoms with Crippen molar-refractivity contribution in [3.8, 4) is 11.8 Å². The number of carbonyl (C=O) groups excluding carboxylic acids is 4. The number of nitrogens with zero attached hydrogens (tertiary/aromatic N) is 1. The van der Waals surface area contributed by atoms with E-state index in [1.807, 2.05) is 0 Å². The zero-order chi connectivity index (χ0) is 19.7. The van der Waals surface area contributed by atoms with Crippen molar-refractivity contribution in [3.05, 3.63) is 34.9 Å². The highest BCUT2D eigenvalue weighted by molar-refractivity contribution is 6.24. The Labute approximate surface area is 162 Å². The summed E-state index contributed by atoms with van der Waals surface area (Å²) in [5.74, 6) is 4.66. The molecule has 0 spiro atoms. The second-order valence-corrected chi connectivity index (χ2v) is 7.07. The highest BCUT2D eigenvalue weighted by Gasteiger charge is 2.45. The summed E-state index contributed by atoms with van der Waals surface area (Å²) in [4.78, 5) is 50.2. The number of benzene rings is 1. The lowest BCUT2D eigenvalue weighted by Gasteiger charge is -2.27. The highest BCUT2D eigenvalue weighted by Crippen LogP contribution is 2.29. The van der Waals surface area contributed by atoms with E-state index >= 15 is 0 Å². The number of amides is 4. The molecule has 4 rings (SSSR count). The lowest BCUT2D eigenvalue weighted by Crippen LogP contribution is -2.54. The van der Waals surface area contributed by atoms with E-state index in [1.54, 1.807) is 18.2 Å². The van der Waals surface area contributed by atoms with Crippen LogP contribution >= 0.6 is 0 Å². The minimum absolute atomic E-state index is 0.105. The average Bonchev–Trinajstić information content (AvgIpc) is 2.88. The summed E-state index contributed by atoms with van der Waals surface area (Å²) >= 11 is 0. The first-order chi connectivity index (χ1) is 13.6. The molecule has 1 atom stereocenters. The molecule has 144 valence electrons. The van der Waals surface area contributed by atoms with Gasteiger partial charge < -0.3 is 10.6 Å². The molecule has 3 aliphatic heterocycles. The molecule has 8 nitrogen and oxygen atoms in total. The van der Waals surface area contributed by atoms with Gasteiger partial charge in [-0.05, 0) is 18.1 Å². The number of fused-ring (bicyclic) bond motifs is 1. The van der Waals surface area contributed by atoms with E-state index in [0.29, 0.717) is 35.7 Å². The van der Waals surface area contributed by atoms with E-state index in [0.717, 1.165) is 18.0 Å². The van der Waals surface area contributed by atoms with Crippen LogP contribution in [0, 0.1) is 17.8 Å². The fraction of sp³-hybridized carbons (Fsp3) is 0.400. The van der Waals surface area contributed by atoms with Crippen LogP contribution in [0.3, 0.4) is 0 Å². The van der Waals surface area contributed by atoms with Crippen LogP contribution in [0.2, 0.25) is 0 Å². The van der Waals surface area contributed by atoms with Crippen molar-refractivity contribution in [2.75, 3.05) is 19.6 Å². The number of rotatable bonds is 4. The van der Waals surface area contributed by atoms with Crippen molar-refractivity contribution >= 4 is 23.6 Å². The van der Waals surface area contributed by atoms with Crippen LogP contribution in [0.15, 0.2) is 18.2 Å². The molecule has 0 bridgehead atoms. The second kappa shape index (κ2) is 7.54. The third-order valence-corrected chi connectivity index (χ3v) is 5.17. The van der Waals surface area contributed by atoms with Gasteiger partial charge in [-0.3, -0.25) is 29.4 Å². The topological polar surface area (TPSA) is 108 Å². The molecule has 0 radical (unpaired) electrons. The van der Waals surface area contributed by atoms with E-state index in [1.165, 1.54) is 0 Å². The van der Waals surface area contributed by atoms with E-state index in [9.17, 15) is 19.2 Å². The van der Waals surface area contributed by atoms with Crippen molar-refractivity contribution in [2.24, 2.45) is 5.92 Å². The van der Waals surface area contributed by atoms with Gasteiger partial charge in [0.25, 0.3) is 11.8 Å². The summed E-state index contributed by atoms with van der Waals surface area (Å²) in [6.45, 7) is 2.72. The molecular formula is C20H20N4O4. The van der Waals surface area contributed by atoms with Crippen LogP contribution in [-0.4, -0.2) is 54.2 Å². The summed E-state index contributed by atoms with van der Waals surface area (Å²) < 4.78 is 0. The van der Waals surface area contributed by atoms with Crippen molar-refractivity contribution in [2.45, 2.75) is 25.4 Å². The van der Waals surface area contributed by atoms with Gasteiger partial charge in [-0.1, -0.05) is 24.0 Å². The van der Waals surface area contributed by atoms with Crippen LogP contribution in [0.1, 0.15) is 39.1 Å². The van der Waals surface area contributed by atoms with Gasteiger partial charge in [0.1, 0.15) is 6.04 Å². The molecule has 3 aliphatic rings. The average molecular weight is 380 g/mol. The predicted octanol–water partition coefficient (Wildman–Crippen LogP) is -0.600. The van der Waals surface area contributed by atoms with Crippen LogP contribution in [0.25, 0.3) is 0 Å². The Hall–Kier alpha value is -3.02. The van der Waals surface area contributed by atoms with Crippen LogP contribution in [0.4, 0.5) is 0 Å². The third-order valence-electron chi connectivity index (χ3n) is 5.17. The third kappa shape index (κ3) is 3.30. The van der Waals surface area contributed by atoms with Gasteiger partial charge in [0, 0.05) is 32.0 Å². The fourth-order valence-corrected chi connectivity index (χ4v) is 3.58. The zero-order valence-corrected chi connectivity index (χ0v) is 15.2. The highest BCUT2D eigenvalue weighted by atomic mass is 16.2. The molecule has 3 heterocycles. The number of hydrogen-bond donors (Lipinski definition) is 3. The molecular weight excluding hydrogens is 360 g/mol. The zero-order valence-electron chi connectivity index (χ0n) is 15.2. The van der Waals surface area contributed by atoms with Gasteiger partial charge in [-0.2, -0.15) is 0 Å². The Balaban J connectivity index is 1.48. The Morgan fingerprint density at radius 3 is 2.68 bits per heavy atom. The SMILES string of the molecule is O=C1CCC(N2C(=O)c3cccc(CNCC#CC4CNC4)c3C2=O)C(=O)N1. The Morgan fingerprint density at radius 1 is 1.14 bits per heavy atom. The van der Waals surface area contributed by atoms with Crippen LogP contribution in [-0.2, 0) is 16.1 Å². The molecule has 1 aromatic carbocycles. The Bertz CT molecular complexity index is 926. The summed E-state index contributed by atoms with van der Waals surface area (Å²) in [6, 6.07) is 4.15. The van der Waals surface area contributed by atoms with Gasteiger partial charge in [0.05, 0.1) is 17.7 Å². The number of carbonyl (C=O) groups is 4. The minimum Gasteiger partial charge on any atom is -0.314 e. The van der Waals surface area contributed by atoms with Crippen molar-refractivity contribution in [1.82, 2.24) is 20.9 Å². The summed E-state index contributed by atoms with van der Waals surface area (Å²) in [7, 11) is 0. The van der Waals surface area contributed by atoms with Crippen molar-refractivity contribution in [1.29, 1.82) is 0 Å². The molecule has 2 saturated heterocycles. The quantitative estimate of drug-likeness (QED) is 0.366. The number of nitrogens with one attached hydrogen (secondary N) is 3. The Morgan fingerprint density at radius 2 is 1.96 bits per heavy atom. The van der Waals surface area contributed by atoms with E-state index in [2.05, 4.69) is 27.8 Å². The van der Waals surface area contributed by atoms with E-state index < -0.39 is 23.8 Å². The van der Waals surface area contributed by atoms with Gasteiger partial charge in [0.2, 0.25) is 11.8 Å². The van der Waals surface area contributed by atoms with E-state index in [-0.39, 0.29) is 18.7 Å². The molecule has 0 aliphatic carbocycles. The molecule has 28 heavy (non-hydrogen) atoms.